The molecule has 0 bridgehead atoms. The number of benzene rings is 2. The molecule has 2 fully saturated rings. The lowest BCUT2D eigenvalue weighted by molar-refractivity contribution is -0.123. The summed E-state index contributed by atoms with van der Waals surface area (Å²) in [6.07, 6.45) is 6.43. The molecule has 0 aliphatic heterocycles. The molecule has 2 aromatic carbocycles. The van der Waals surface area contributed by atoms with Gasteiger partial charge in [0.2, 0.25) is 5.91 Å². The van der Waals surface area contributed by atoms with Gasteiger partial charge in [0.1, 0.15) is 12.4 Å². The molecular formula is C23H25ClN2O2. The highest BCUT2D eigenvalue weighted by atomic mass is 35.5. The Morgan fingerprint density at radius 3 is 2.82 bits per heavy atom. The fraction of sp³-hybridized carbons (Fsp3) is 0.391. The summed E-state index contributed by atoms with van der Waals surface area (Å²) in [4.78, 5) is 12.5. The Hall–Kier alpha value is -2.33. The Bertz CT molecular complexity index is 898. The first kappa shape index (κ1) is 19.0. The first-order valence-electron chi connectivity index (χ1n) is 9.88. The molecule has 0 unspecified atom stereocenters. The molecule has 4 rings (SSSR count). The number of halogens is 1. The molecule has 2 saturated carbocycles. The molecule has 0 aromatic heterocycles. The van der Waals surface area contributed by atoms with E-state index in [1.165, 1.54) is 12.8 Å². The van der Waals surface area contributed by atoms with Crippen LogP contribution in [0.2, 0.25) is 5.02 Å². The van der Waals surface area contributed by atoms with Crippen molar-refractivity contribution in [3.8, 4) is 5.75 Å². The first-order chi connectivity index (χ1) is 13.6. The second kappa shape index (κ2) is 7.96. The molecule has 0 spiro atoms. The highest BCUT2D eigenvalue weighted by molar-refractivity contribution is 6.31. The summed E-state index contributed by atoms with van der Waals surface area (Å²) in [5.74, 6) is 1.38. The lowest BCUT2D eigenvalue weighted by Crippen LogP contribution is -2.22. The van der Waals surface area contributed by atoms with Gasteiger partial charge in [0, 0.05) is 22.1 Å². The van der Waals surface area contributed by atoms with Crippen LogP contribution in [0.5, 0.6) is 5.75 Å². The largest absolute Gasteiger partial charge is 0.488 e. The lowest BCUT2D eigenvalue weighted by atomic mass is 9.90. The molecule has 2 aromatic rings. The zero-order valence-electron chi connectivity index (χ0n) is 16.0. The van der Waals surface area contributed by atoms with Gasteiger partial charge < -0.3 is 4.74 Å². The zero-order valence-corrected chi connectivity index (χ0v) is 16.8. The van der Waals surface area contributed by atoms with Crippen LogP contribution in [0.4, 0.5) is 0 Å². The molecule has 1 amide bonds. The van der Waals surface area contributed by atoms with Crippen LogP contribution < -0.4 is 10.2 Å². The van der Waals surface area contributed by atoms with Crippen LogP contribution in [0.25, 0.3) is 0 Å². The maximum atomic E-state index is 12.5. The van der Waals surface area contributed by atoms with Gasteiger partial charge in [-0.25, -0.2) is 5.43 Å². The summed E-state index contributed by atoms with van der Waals surface area (Å²) < 4.78 is 5.93. The van der Waals surface area contributed by atoms with Crippen LogP contribution in [0.15, 0.2) is 53.6 Å². The number of hydrogen-bond acceptors (Lipinski definition) is 3. The van der Waals surface area contributed by atoms with Crippen LogP contribution in [-0.4, -0.2) is 12.1 Å². The molecule has 4 nitrogen and oxygen atoms in total. The highest BCUT2D eigenvalue weighted by Gasteiger charge is 2.64. The van der Waals surface area contributed by atoms with Crippen LogP contribution in [0, 0.1) is 17.3 Å². The van der Waals surface area contributed by atoms with E-state index in [-0.39, 0.29) is 17.2 Å². The summed E-state index contributed by atoms with van der Waals surface area (Å²) in [5.41, 5.74) is 4.67. The zero-order chi connectivity index (χ0) is 19.6. The standard InChI is InChI=1S/C23H25ClN2O2/c1-23-13-7-6-10-18(23)21(23)22(27)26-25-14-16-8-3-5-12-20(16)28-15-17-9-2-4-11-19(17)24/h2-5,8-9,11-12,14,18,21H,6-7,10,13,15H2,1H3,(H,26,27)/b25-14-/t18-,21-,23-/m0/s1. The van der Waals surface area contributed by atoms with Crippen molar-refractivity contribution in [1.82, 2.24) is 5.43 Å². The minimum Gasteiger partial charge on any atom is -0.488 e. The van der Waals surface area contributed by atoms with Crippen molar-refractivity contribution >= 4 is 23.7 Å². The molecule has 5 heteroatoms. The number of hydrazone groups is 1. The van der Waals surface area contributed by atoms with Crippen molar-refractivity contribution in [3.05, 3.63) is 64.7 Å². The lowest BCUT2D eigenvalue weighted by Gasteiger charge is -2.15. The number of nitrogens with one attached hydrogen (secondary N) is 1. The molecule has 1 N–H and O–H groups in total. The molecule has 3 atom stereocenters. The number of hydrogen-bond donors (Lipinski definition) is 1. The van der Waals surface area contributed by atoms with Crippen molar-refractivity contribution < 1.29 is 9.53 Å². The third-order valence-corrected chi connectivity index (χ3v) is 6.62. The van der Waals surface area contributed by atoms with Gasteiger partial charge in [-0.05, 0) is 42.4 Å². The van der Waals surface area contributed by atoms with Gasteiger partial charge in [-0.1, -0.05) is 61.7 Å². The minimum absolute atomic E-state index is 0.0418. The van der Waals surface area contributed by atoms with Crippen LogP contribution in [0.3, 0.4) is 0 Å². The van der Waals surface area contributed by atoms with E-state index in [4.69, 9.17) is 16.3 Å². The van der Waals surface area contributed by atoms with Crippen molar-refractivity contribution in [1.29, 1.82) is 0 Å². The third kappa shape index (κ3) is 3.79. The van der Waals surface area contributed by atoms with Gasteiger partial charge in [-0.2, -0.15) is 5.10 Å². The molecular weight excluding hydrogens is 372 g/mol. The van der Waals surface area contributed by atoms with Gasteiger partial charge in [-0.3, -0.25) is 4.79 Å². The minimum atomic E-state index is 0.0418. The van der Waals surface area contributed by atoms with E-state index in [0.717, 1.165) is 24.0 Å². The predicted molar refractivity (Wildman–Crippen MR) is 112 cm³/mol. The number of fused-ring (bicyclic) bond motifs is 1. The SMILES string of the molecule is C[C@]12CCCC[C@H]1[C@H]2C(=O)N/N=C\c1ccccc1OCc1ccccc1Cl. The predicted octanol–water partition coefficient (Wildman–Crippen LogP) is 5.20. The second-order valence-corrected chi connectivity index (χ2v) is 8.40. The van der Waals surface area contributed by atoms with Crippen molar-refractivity contribution in [2.75, 3.05) is 0 Å². The third-order valence-electron chi connectivity index (χ3n) is 6.25. The Morgan fingerprint density at radius 1 is 1.25 bits per heavy atom. The molecule has 0 saturated heterocycles. The maximum Gasteiger partial charge on any atom is 0.244 e. The van der Waals surface area contributed by atoms with Gasteiger partial charge in [0.15, 0.2) is 0 Å². The number of carbonyl (C=O) groups excluding carboxylic acids is 1. The number of carbonyl (C=O) groups is 1. The number of para-hydroxylation sites is 1. The van der Waals surface area contributed by atoms with Crippen LogP contribution >= 0.6 is 11.6 Å². The Kier molecular flexibility index (Phi) is 5.40. The first-order valence-corrected chi connectivity index (χ1v) is 10.3. The summed E-state index contributed by atoms with van der Waals surface area (Å²) in [6.45, 7) is 2.61. The van der Waals surface area contributed by atoms with E-state index >= 15 is 0 Å². The van der Waals surface area contributed by atoms with Crippen LogP contribution in [-0.2, 0) is 11.4 Å². The van der Waals surface area contributed by atoms with E-state index in [9.17, 15) is 4.79 Å². The van der Waals surface area contributed by atoms with E-state index in [1.54, 1.807) is 6.21 Å². The average Bonchev–Trinajstić information content (AvgIpc) is 3.34. The number of amides is 1. The number of ether oxygens (including phenoxy) is 1. The van der Waals surface area contributed by atoms with E-state index in [0.29, 0.717) is 23.3 Å². The Labute approximate surface area is 170 Å². The topological polar surface area (TPSA) is 50.7 Å². The summed E-state index contributed by atoms with van der Waals surface area (Å²) >= 11 is 6.19. The maximum absolute atomic E-state index is 12.5. The Morgan fingerprint density at radius 2 is 2.04 bits per heavy atom. The van der Waals surface area contributed by atoms with Gasteiger partial charge in [0.25, 0.3) is 0 Å². The fourth-order valence-electron chi connectivity index (χ4n) is 4.58. The van der Waals surface area contributed by atoms with Gasteiger partial charge in [-0.15, -0.1) is 0 Å². The van der Waals surface area contributed by atoms with Gasteiger partial charge >= 0.3 is 0 Å². The molecule has 28 heavy (non-hydrogen) atoms. The summed E-state index contributed by atoms with van der Waals surface area (Å²) in [6, 6.07) is 15.2. The molecule has 2 aliphatic rings. The molecule has 2 aliphatic carbocycles. The second-order valence-electron chi connectivity index (χ2n) is 7.99. The summed E-state index contributed by atoms with van der Waals surface area (Å²) in [5, 5.41) is 4.88. The van der Waals surface area contributed by atoms with Crippen molar-refractivity contribution in [3.63, 3.8) is 0 Å². The molecule has 146 valence electrons. The highest BCUT2D eigenvalue weighted by Crippen LogP contribution is 2.66. The number of nitrogens with zero attached hydrogens (tertiary/aromatic N) is 1. The molecule has 0 heterocycles. The van der Waals surface area contributed by atoms with E-state index < -0.39 is 0 Å². The van der Waals surface area contributed by atoms with Crippen LogP contribution in [0.1, 0.15) is 43.7 Å². The van der Waals surface area contributed by atoms with Crippen molar-refractivity contribution in [2.45, 2.75) is 39.2 Å². The van der Waals surface area contributed by atoms with E-state index in [1.807, 2.05) is 48.5 Å². The average molecular weight is 397 g/mol. The van der Waals surface area contributed by atoms with Gasteiger partial charge in [0.05, 0.1) is 6.21 Å². The van der Waals surface area contributed by atoms with E-state index in [2.05, 4.69) is 17.5 Å². The smallest absolute Gasteiger partial charge is 0.244 e. The molecule has 0 radical (unpaired) electrons. The van der Waals surface area contributed by atoms with Crippen molar-refractivity contribution in [2.24, 2.45) is 22.4 Å². The Balaban J connectivity index is 1.37. The quantitative estimate of drug-likeness (QED) is 0.539. The normalized spacial score (nSPS) is 25.9. The number of rotatable bonds is 6. The summed E-state index contributed by atoms with van der Waals surface area (Å²) in [7, 11) is 0. The monoisotopic (exact) mass is 396 g/mol. The fourth-order valence-corrected chi connectivity index (χ4v) is 4.77.